The minimum absolute atomic E-state index is 0.0223. The molecular formula is C19H18N4O4. The number of hydrogen-bond donors (Lipinski definition) is 1. The first kappa shape index (κ1) is 18.2. The normalized spacial score (nSPS) is 17.5. The number of rotatable bonds is 7. The van der Waals surface area contributed by atoms with Gasteiger partial charge in [-0.05, 0) is 29.3 Å². The molecule has 2 aromatic carbocycles. The van der Waals surface area contributed by atoms with E-state index >= 15 is 0 Å². The summed E-state index contributed by atoms with van der Waals surface area (Å²) in [6, 6.07) is 14.9. The second-order valence-electron chi connectivity index (χ2n) is 5.70. The van der Waals surface area contributed by atoms with Gasteiger partial charge in [0.05, 0.1) is 13.3 Å². The van der Waals surface area contributed by atoms with Crippen molar-refractivity contribution in [2.75, 3.05) is 13.7 Å². The Kier molecular flexibility index (Phi) is 5.88. The smallest absolute Gasteiger partial charge is 0.341 e. The van der Waals surface area contributed by atoms with Gasteiger partial charge in [0.25, 0.3) is 0 Å². The highest BCUT2D eigenvalue weighted by Crippen LogP contribution is 2.28. The lowest BCUT2D eigenvalue weighted by atomic mass is 10.1. The molecule has 0 saturated carbocycles. The van der Waals surface area contributed by atoms with E-state index < -0.39 is 12.6 Å². The topological polar surface area (TPSA) is 105 Å². The lowest BCUT2D eigenvalue weighted by Crippen LogP contribution is -2.10. The minimum atomic E-state index is -1.06. The molecule has 27 heavy (non-hydrogen) atoms. The van der Waals surface area contributed by atoms with E-state index in [2.05, 4.69) is 20.4 Å². The lowest BCUT2D eigenvalue weighted by molar-refractivity contribution is -0.139. The van der Waals surface area contributed by atoms with Gasteiger partial charge in [0.1, 0.15) is 6.04 Å². The van der Waals surface area contributed by atoms with Crippen LogP contribution in [0.4, 0.5) is 0 Å². The lowest BCUT2D eigenvalue weighted by Gasteiger charge is -2.09. The molecule has 0 saturated heterocycles. The summed E-state index contributed by atoms with van der Waals surface area (Å²) in [5, 5.41) is 25.1. The number of carboxylic acid groups (broad SMARTS) is 1. The van der Waals surface area contributed by atoms with E-state index in [1.54, 1.807) is 24.4 Å². The van der Waals surface area contributed by atoms with E-state index in [0.717, 1.165) is 11.1 Å². The number of amidine groups is 1. The molecule has 138 valence electrons. The van der Waals surface area contributed by atoms with Crippen molar-refractivity contribution in [3.63, 3.8) is 0 Å². The quantitative estimate of drug-likeness (QED) is 0.598. The summed E-state index contributed by atoms with van der Waals surface area (Å²) < 4.78 is 10.4. The van der Waals surface area contributed by atoms with Crippen LogP contribution < -0.4 is 9.47 Å². The molecule has 8 heteroatoms. The third kappa shape index (κ3) is 4.97. The number of nitrogens with zero attached hydrogens (tertiary/aromatic N) is 4. The molecule has 0 aliphatic carbocycles. The number of ether oxygens (including phenoxy) is 2. The van der Waals surface area contributed by atoms with E-state index in [1.165, 1.54) is 7.11 Å². The maximum Gasteiger partial charge on any atom is 0.341 e. The molecule has 2 aromatic rings. The highest BCUT2D eigenvalue weighted by molar-refractivity contribution is 5.86. The monoisotopic (exact) mass is 366 g/mol. The molecule has 8 nitrogen and oxygen atoms in total. The number of carboxylic acids is 1. The van der Waals surface area contributed by atoms with Crippen LogP contribution >= 0.6 is 0 Å². The Morgan fingerprint density at radius 3 is 2.81 bits per heavy atom. The molecule has 0 bridgehead atoms. The fraction of sp³-hybridized carbons (Fsp3) is 0.211. The average Bonchev–Trinajstić information content (AvgIpc) is 3.16. The molecule has 0 amide bonds. The highest BCUT2D eigenvalue weighted by atomic mass is 16.5. The molecule has 0 fully saturated rings. The van der Waals surface area contributed by atoms with Crippen LogP contribution in [0, 0.1) is 0 Å². The molecule has 1 N–H and O–H groups in total. The van der Waals surface area contributed by atoms with Gasteiger partial charge in [-0.2, -0.15) is 10.2 Å². The summed E-state index contributed by atoms with van der Waals surface area (Å²) >= 11 is 0. The first-order valence-corrected chi connectivity index (χ1v) is 8.24. The number of methoxy groups -OCH3 is 1. The van der Waals surface area contributed by atoms with Crippen molar-refractivity contribution in [1.29, 1.82) is 0 Å². The maximum atomic E-state index is 10.6. The molecule has 1 aliphatic heterocycles. The summed E-state index contributed by atoms with van der Waals surface area (Å²) in [5.41, 5.74) is 1.82. The highest BCUT2D eigenvalue weighted by Gasteiger charge is 2.19. The van der Waals surface area contributed by atoms with Crippen molar-refractivity contribution in [3.8, 4) is 11.5 Å². The Labute approximate surface area is 155 Å². The average molecular weight is 366 g/mol. The van der Waals surface area contributed by atoms with Crippen molar-refractivity contribution in [2.24, 2.45) is 20.4 Å². The first-order valence-electron chi connectivity index (χ1n) is 8.24. The fourth-order valence-electron chi connectivity index (χ4n) is 2.50. The zero-order valence-corrected chi connectivity index (χ0v) is 14.6. The second kappa shape index (κ2) is 8.70. The summed E-state index contributed by atoms with van der Waals surface area (Å²) in [5.74, 6) is 0.266. The number of benzene rings is 2. The van der Waals surface area contributed by atoms with Gasteiger partial charge in [-0.15, -0.1) is 10.2 Å². The van der Waals surface area contributed by atoms with Crippen molar-refractivity contribution in [3.05, 3.63) is 59.7 Å². The van der Waals surface area contributed by atoms with Gasteiger partial charge >= 0.3 is 5.97 Å². The van der Waals surface area contributed by atoms with Crippen LogP contribution in [-0.4, -0.2) is 36.8 Å². The van der Waals surface area contributed by atoms with Crippen molar-refractivity contribution >= 4 is 18.0 Å². The number of azo groups is 1. The van der Waals surface area contributed by atoms with Crippen LogP contribution in [0.5, 0.6) is 11.5 Å². The van der Waals surface area contributed by atoms with E-state index in [1.807, 2.05) is 30.3 Å². The van der Waals surface area contributed by atoms with E-state index in [0.29, 0.717) is 23.8 Å². The van der Waals surface area contributed by atoms with Crippen LogP contribution in [0.1, 0.15) is 23.6 Å². The standard InChI is InChI=1S/C19H18N4O4/c1-26-17-9-13(7-8-16(17)27-12-19(24)25)11-20-22-18-10-15(21-23-18)14-5-3-2-4-6-14/h2-9,11,15H,10,12H2,1H3,(H,24,25)/b20-11+,22-18-. The molecule has 3 rings (SSSR count). The van der Waals surface area contributed by atoms with Gasteiger partial charge in [-0.3, -0.25) is 0 Å². The van der Waals surface area contributed by atoms with Gasteiger partial charge in [-0.25, -0.2) is 4.79 Å². The van der Waals surface area contributed by atoms with E-state index in [9.17, 15) is 4.79 Å². The molecule has 1 atom stereocenters. The molecule has 1 aliphatic rings. The molecule has 1 unspecified atom stereocenters. The van der Waals surface area contributed by atoms with Crippen LogP contribution in [0.25, 0.3) is 0 Å². The molecule has 0 radical (unpaired) electrons. The first-order chi connectivity index (χ1) is 13.2. The fourth-order valence-corrected chi connectivity index (χ4v) is 2.50. The third-order valence-corrected chi connectivity index (χ3v) is 3.79. The Bertz CT molecular complexity index is 894. The zero-order valence-electron chi connectivity index (χ0n) is 14.6. The molecule has 0 spiro atoms. The predicted octanol–water partition coefficient (Wildman–Crippen LogP) is 3.49. The number of hydrogen-bond acceptors (Lipinski definition) is 6. The molecule has 0 aromatic heterocycles. The Morgan fingerprint density at radius 1 is 1.26 bits per heavy atom. The summed E-state index contributed by atoms with van der Waals surface area (Å²) in [6.07, 6.45) is 2.16. The van der Waals surface area contributed by atoms with Crippen LogP contribution in [0.3, 0.4) is 0 Å². The van der Waals surface area contributed by atoms with E-state index in [4.69, 9.17) is 14.6 Å². The molecular weight excluding hydrogens is 348 g/mol. The predicted molar refractivity (Wildman–Crippen MR) is 99.8 cm³/mol. The largest absolute Gasteiger partial charge is 0.493 e. The van der Waals surface area contributed by atoms with E-state index in [-0.39, 0.29) is 6.04 Å². The van der Waals surface area contributed by atoms with Gasteiger partial charge in [-0.1, -0.05) is 30.3 Å². The van der Waals surface area contributed by atoms with Crippen molar-refractivity contribution < 1.29 is 19.4 Å². The summed E-state index contributed by atoms with van der Waals surface area (Å²) in [6.45, 7) is -0.439. The van der Waals surface area contributed by atoms with Crippen LogP contribution in [0.2, 0.25) is 0 Å². The second-order valence-corrected chi connectivity index (χ2v) is 5.70. The van der Waals surface area contributed by atoms with Gasteiger partial charge < -0.3 is 14.6 Å². The van der Waals surface area contributed by atoms with Crippen LogP contribution in [0.15, 0.2) is 69.0 Å². The summed E-state index contributed by atoms with van der Waals surface area (Å²) in [7, 11) is 1.48. The van der Waals surface area contributed by atoms with Crippen LogP contribution in [-0.2, 0) is 4.79 Å². The van der Waals surface area contributed by atoms with Crippen molar-refractivity contribution in [2.45, 2.75) is 12.5 Å². The third-order valence-electron chi connectivity index (χ3n) is 3.79. The van der Waals surface area contributed by atoms with Gasteiger partial charge in [0, 0.05) is 6.42 Å². The van der Waals surface area contributed by atoms with Gasteiger partial charge in [0.15, 0.2) is 23.9 Å². The minimum Gasteiger partial charge on any atom is -0.493 e. The summed E-state index contributed by atoms with van der Waals surface area (Å²) in [4.78, 5) is 10.6. The Balaban J connectivity index is 1.63. The van der Waals surface area contributed by atoms with Crippen molar-refractivity contribution in [1.82, 2.24) is 0 Å². The Hall–Kier alpha value is -3.55. The zero-order chi connectivity index (χ0) is 19.1. The van der Waals surface area contributed by atoms with Gasteiger partial charge in [0.2, 0.25) is 0 Å². The SMILES string of the molecule is COc1cc(/C=N/N=C2/CC(c3ccccc3)N=N2)ccc1OCC(=O)O. The molecule has 1 heterocycles. The Morgan fingerprint density at radius 2 is 2.07 bits per heavy atom. The maximum absolute atomic E-state index is 10.6. The number of aliphatic carboxylic acids is 1. The number of carbonyl (C=O) groups is 1.